The number of amides is 1. The molecule has 0 radical (unpaired) electrons. The maximum atomic E-state index is 12.1. The van der Waals surface area contributed by atoms with Gasteiger partial charge in [-0.2, -0.15) is 13.2 Å². The van der Waals surface area contributed by atoms with Crippen LogP contribution in [-0.4, -0.2) is 16.1 Å². The summed E-state index contributed by atoms with van der Waals surface area (Å²) in [5.74, 6) is -0.341. The normalized spacial score (nSPS) is 11.5. The third-order valence-corrected chi connectivity index (χ3v) is 2.55. The van der Waals surface area contributed by atoms with Crippen molar-refractivity contribution in [2.24, 2.45) is 0 Å². The van der Waals surface area contributed by atoms with Crippen molar-refractivity contribution in [3.05, 3.63) is 5.01 Å². The number of hydrogen-bond acceptors (Lipinski definition) is 4. The van der Waals surface area contributed by atoms with Crippen LogP contribution in [0.25, 0.3) is 0 Å². The maximum absolute atomic E-state index is 12.1. The molecule has 16 heavy (non-hydrogen) atoms. The van der Waals surface area contributed by atoms with Crippen LogP contribution in [0.5, 0.6) is 0 Å². The highest BCUT2D eigenvalue weighted by molar-refractivity contribution is 7.15. The summed E-state index contributed by atoms with van der Waals surface area (Å²) in [5.41, 5.74) is 0. The monoisotopic (exact) mass is 253 g/mol. The Morgan fingerprint density at radius 2 is 2.12 bits per heavy atom. The van der Waals surface area contributed by atoms with Gasteiger partial charge in [-0.3, -0.25) is 4.79 Å². The lowest BCUT2D eigenvalue weighted by Crippen LogP contribution is -2.10. The third kappa shape index (κ3) is 3.76. The number of halogens is 3. The van der Waals surface area contributed by atoms with Crippen molar-refractivity contribution in [1.29, 1.82) is 0 Å². The van der Waals surface area contributed by atoms with E-state index in [0.29, 0.717) is 17.8 Å². The van der Waals surface area contributed by atoms with E-state index in [2.05, 4.69) is 15.5 Å². The highest BCUT2D eigenvalue weighted by Gasteiger charge is 2.35. The molecule has 0 atom stereocenters. The van der Waals surface area contributed by atoms with Crippen LogP contribution in [-0.2, 0) is 11.0 Å². The molecule has 1 amide bonds. The molecule has 0 aromatic carbocycles. The average Bonchev–Trinajstić information content (AvgIpc) is 2.62. The predicted octanol–water partition coefficient (Wildman–Crippen LogP) is 2.69. The number of nitrogens with zero attached hydrogens (tertiary/aromatic N) is 2. The molecule has 0 aliphatic carbocycles. The molecule has 0 bridgehead atoms. The van der Waals surface area contributed by atoms with Gasteiger partial charge in [-0.25, -0.2) is 0 Å². The topological polar surface area (TPSA) is 54.9 Å². The molecule has 1 aromatic heterocycles. The van der Waals surface area contributed by atoms with E-state index in [1.807, 2.05) is 6.92 Å². The van der Waals surface area contributed by atoms with Crippen LogP contribution in [0, 0.1) is 0 Å². The van der Waals surface area contributed by atoms with E-state index >= 15 is 0 Å². The second-order valence-corrected chi connectivity index (χ2v) is 4.04. The Balaban J connectivity index is 2.56. The van der Waals surface area contributed by atoms with Crippen LogP contribution >= 0.6 is 11.3 Å². The van der Waals surface area contributed by atoms with Crippen molar-refractivity contribution in [3.8, 4) is 0 Å². The molecule has 0 unspecified atom stereocenters. The first-order valence-electron chi connectivity index (χ1n) is 4.64. The second-order valence-electron chi connectivity index (χ2n) is 3.06. The lowest BCUT2D eigenvalue weighted by atomic mass is 10.2. The lowest BCUT2D eigenvalue weighted by Gasteiger charge is -1.99. The van der Waals surface area contributed by atoms with E-state index in [4.69, 9.17) is 0 Å². The SMILES string of the molecule is CCCCC(=O)Nc1nnc(C(F)(F)F)s1. The van der Waals surface area contributed by atoms with Crippen LogP contribution in [0.1, 0.15) is 31.2 Å². The molecule has 0 saturated heterocycles. The first-order valence-corrected chi connectivity index (χ1v) is 5.45. The van der Waals surface area contributed by atoms with Crippen LogP contribution < -0.4 is 5.32 Å². The fraction of sp³-hybridized carbons (Fsp3) is 0.625. The summed E-state index contributed by atoms with van der Waals surface area (Å²) in [4.78, 5) is 11.2. The molecular formula is C8H10F3N3OS. The largest absolute Gasteiger partial charge is 0.445 e. The van der Waals surface area contributed by atoms with E-state index in [0.717, 1.165) is 6.42 Å². The van der Waals surface area contributed by atoms with Gasteiger partial charge in [0.25, 0.3) is 0 Å². The van der Waals surface area contributed by atoms with E-state index < -0.39 is 11.2 Å². The maximum Gasteiger partial charge on any atom is 0.445 e. The summed E-state index contributed by atoms with van der Waals surface area (Å²) in [7, 11) is 0. The molecule has 1 heterocycles. The average molecular weight is 253 g/mol. The number of alkyl halides is 3. The quantitative estimate of drug-likeness (QED) is 0.897. The molecule has 90 valence electrons. The Hall–Kier alpha value is -1.18. The van der Waals surface area contributed by atoms with Gasteiger partial charge in [-0.15, -0.1) is 10.2 Å². The Bertz CT molecular complexity index is 364. The Morgan fingerprint density at radius 1 is 1.44 bits per heavy atom. The number of anilines is 1. The number of nitrogens with one attached hydrogen (secondary N) is 1. The minimum Gasteiger partial charge on any atom is -0.301 e. The van der Waals surface area contributed by atoms with Crippen molar-refractivity contribution in [2.75, 3.05) is 5.32 Å². The van der Waals surface area contributed by atoms with Gasteiger partial charge in [0, 0.05) is 6.42 Å². The Labute approximate surface area is 93.9 Å². The van der Waals surface area contributed by atoms with E-state index in [1.54, 1.807) is 0 Å². The molecule has 1 N–H and O–H groups in total. The summed E-state index contributed by atoms with van der Waals surface area (Å²) in [5, 5.41) is 7.30. The zero-order valence-corrected chi connectivity index (χ0v) is 9.28. The molecular weight excluding hydrogens is 243 g/mol. The molecule has 4 nitrogen and oxygen atoms in total. The summed E-state index contributed by atoms with van der Waals surface area (Å²) in [6.45, 7) is 1.92. The number of hydrogen-bond donors (Lipinski definition) is 1. The van der Waals surface area contributed by atoms with Crippen LogP contribution in [0.2, 0.25) is 0 Å². The summed E-state index contributed by atoms with van der Waals surface area (Å²) >= 11 is 0.322. The molecule has 0 aliphatic heterocycles. The van der Waals surface area contributed by atoms with Gasteiger partial charge in [-0.05, 0) is 6.42 Å². The fourth-order valence-corrected chi connectivity index (χ4v) is 1.53. The van der Waals surface area contributed by atoms with Crippen molar-refractivity contribution >= 4 is 22.4 Å². The van der Waals surface area contributed by atoms with Gasteiger partial charge in [0.05, 0.1) is 0 Å². The molecule has 1 rings (SSSR count). The minimum atomic E-state index is -4.51. The smallest absolute Gasteiger partial charge is 0.301 e. The van der Waals surface area contributed by atoms with E-state index in [9.17, 15) is 18.0 Å². The van der Waals surface area contributed by atoms with Crippen molar-refractivity contribution in [1.82, 2.24) is 10.2 Å². The number of carbonyl (C=O) groups excluding carboxylic acids is 1. The highest BCUT2D eigenvalue weighted by atomic mass is 32.1. The molecule has 8 heteroatoms. The second kappa shape index (κ2) is 5.24. The van der Waals surface area contributed by atoms with E-state index in [1.165, 1.54) is 0 Å². The van der Waals surface area contributed by atoms with Gasteiger partial charge >= 0.3 is 6.18 Å². The zero-order chi connectivity index (χ0) is 12.2. The number of aromatic nitrogens is 2. The lowest BCUT2D eigenvalue weighted by molar-refractivity contribution is -0.138. The summed E-state index contributed by atoms with van der Waals surface area (Å²) in [6.07, 6.45) is -2.70. The minimum absolute atomic E-state index is 0.117. The van der Waals surface area contributed by atoms with Gasteiger partial charge in [0.15, 0.2) is 0 Å². The highest BCUT2D eigenvalue weighted by Crippen LogP contribution is 2.32. The Kier molecular flexibility index (Phi) is 4.22. The fourth-order valence-electron chi connectivity index (χ4n) is 0.907. The van der Waals surface area contributed by atoms with Crippen molar-refractivity contribution in [3.63, 3.8) is 0 Å². The number of rotatable bonds is 4. The molecule has 0 saturated carbocycles. The van der Waals surface area contributed by atoms with Crippen LogP contribution in [0.15, 0.2) is 0 Å². The first-order chi connectivity index (χ1) is 7.43. The van der Waals surface area contributed by atoms with Gasteiger partial charge < -0.3 is 5.32 Å². The van der Waals surface area contributed by atoms with E-state index in [-0.39, 0.29) is 17.5 Å². The molecule has 0 aliphatic rings. The van der Waals surface area contributed by atoms with Crippen LogP contribution in [0.3, 0.4) is 0 Å². The van der Waals surface area contributed by atoms with Gasteiger partial charge in [0.2, 0.25) is 16.0 Å². The van der Waals surface area contributed by atoms with Gasteiger partial charge in [0.1, 0.15) is 0 Å². The zero-order valence-electron chi connectivity index (χ0n) is 8.47. The first kappa shape index (κ1) is 12.9. The third-order valence-electron chi connectivity index (χ3n) is 1.67. The summed E-state index contributed by atoms with van der Waals surface area (Å²) < 4.78 is 36.4. The van der Waals surface area contributed by atoms with Crippen LogP contribution in [0.4, 0.5) is 18.3 Å². The Morgan fingerprint density at radius 3 is 2.62 bits per heavy atom. The van der Waals surface area contributed by atoms with Crippen molar-refractivity contribution < 1.29 is 18.0 Å². The number of unbranched alkanes of at least 4 members (excludes halogenated alkanes) is 1. The summed E-state index contributed by atoms with van der Waals surface area (Å²) in [6, 6.07) is 0. The standard InChI is InChI=1S/C8H10F3N3OS/c1-2-3-4-5(15)12-7-14-13-6(16-7)8(9,10)11/h2-4H2,1H3,(H,12,14,15). The number of carbonyl (C=O) groups is 1. The molecule has 1 aromatic rings. The van der Waals surface area contributed by atoms with Gasteiger partial charge in [-0.1, -0.05) is 24.7 Å². The molecule has 0 spiro atoms. The predicted molar refractivity (Wildman–Crippen MR) is 53.1 cm³/mol. The van der Waals surface area contributed by atoms with Crippen molar-refractivity contribution in [2.45, 2.75) is 32.4 Å². The molecule has 0 fully saturated rings.